The van der Waals surface area contributed by atoms with Gasteiger partial charge >= 0.3 is 0 Å². The first kappa shape index (κ1) is 12.8. The van der Waals surface area contributed by atoms with Crippen LogP contribution in [0.3, 0.4) is 0 Å². The van der Waals surface area contributed by atoms with E-state index in [2.05, 4.69) is 11.2 Å². The van der Waals surface area contributed by atoms with Crippen LogP contribution in [0.2, 0.25) is 0 Å². The van der Waals surface area contributed by atoms with Crippen LogP contribution in [0, 0.1) is 5.92 Å². The first-order valence-electron chi connectivity index (χ1n) is 5.59. The van der Waals surface area contributed by atoms with Gasteiger partial charge in [-0.1, -0.05) is 19.9 Å². The molecule has 1 aliphatic heterocycles. The summed E-state index contributed by atoms with van der Waals surface area (Å²) in [7, 11) is 0. The third-order valence-electron chi connectivity index (χ3n) is 2.78. The summed E-state index contributed by atoms with van der Waals surface area (Å²) >= 11 is 1.95. The highest BCUT2D eigenvalue weighted by Gasteiger charge is 2.19. The van der Waals surface area contributed by atoms with Gasteiger partial charge in [-0.3, -0.25) is 9.69 Å². The Morgan fingerprint density at radius 3 is 2.87 bits per heavy atom. The minimum absolute atomic E-state index is 0.124. The molecule has 0 aromatic heterocycles. The highest BCUT2D eigenvalue weighted by molar-refractivity contribution is 7.99. The largest absolute Gasteiger partial charge is 0.299 e. The number of thioether (sulfide) groups is 1. The number of rotatable bonds is 5. The number of allylic oxidation sites excluding steroid dienone is 1. The van der Waals surface area contributed by atoms with Crippen LogP contribution in [0.5, 0.6) is 0 Å². The fraction of sp³-hybridized carbons (Fsp3) is 0.750. The maximum atomic E-state index is 11.3. The van der Waals surface area contributed by atoms with Gasteiger partial charge in [0, 0.05) is 24.3 Å². The lowest BCUT2D eigenvalue weighted by Crippen LogP contribution is -2.21. The second-order valence-electron chi connectivity index (χ2n) is 4.37. The summed E-state index contributed by atoms with van der Waals surface area (Å²) in [6.07, 6.45) is 7.20. The Kier molecular flexibility index (Phi) is 5.40. The van der Waals surface area contributed by atoms with Crippen molar-refractivity contribution in [2.75, 3.05) is 25.9 Å². The molecule has 0 aromatic rings. The smallest absolute Gasteiger partial charge is 0.157 e. The second-order valence-corrected chi connectivity index (χ2v) is 5.50. The van der Waals surface area contributed by atoms with Gasteiger partial charge in [0.1, 0.15) is 0 Å². The summed E-state index contributed by atoms with van der Waals surface area (Å²) < 4.78 is 0. The van der Waals surface area contributed by atoms with Gasteiger partial charge in [-0.15, -0.1) is 0 Å². The molecule has 1 fully saturated rings. The number of hydrogen-bond donors (Lipinski definition) is 0. The highest BCUT2D eigenvalue weighted by Crippen LogP contribution is 2.19. The number of nitrogens with zero attached hydrogens (tertiary/aromatic N) is 1. The van der Waals surface area contributed by atoms with Crippen LogP contribution in [0.25, 0.3) is 0 Å². The SMILES string of the molecule is CSC1CCN(C/C=C/C(=O)C(C)C)C1. The maximum Gasteiger partial charge on any atom is 0.157 e. The molecule has 0 aliphatic carbocycles. The Morgan fingerprint density at radius 2 is 2.33 bits per heavy atom. The molecule has 0 N–H and O–H groups in total. The predicted octanol–water partition coefficient (Wildman–Crippen LogP) is 2.21. The molecular weight excluding hydrogens is 206 g/mol. The van der Waals surface area contributed by atoms with Crippen molar-refractivity contribution in [2.24, 2.45) is 5.92 Å². The van der Waals surface area contributed by atoms with Gasteiger partial charge < -0.3 is 0 Å². The molecule has 1 atom stereocenters. The van der Waals surface area contributed by atoms with Crippen molar-refractivity contribution in [3.05, 3.63) is 12.2 Å². The summed E-state index contributed by atoms with van der Waals surface area (Å²) in [5.41, 5.74) is 0. The summed E-state index contributed by atoms with van der Waals surface area (Å²) in [6, 6.07) is 0. The molecule has 1 heterocycles. The highest BCUT2D eigenvalue weighted by atomic mass is 32.2. The number of carbonyl (C=O) groups excluding carboxylic acids is 1. The Labute approximate surface area is 97.1 Å². The standard InChI is InChI=1S/C12H21NOS/c1-10(2)12(14)5-4-7-13-8-6-11(9-13)15-3/h4-5,10-11H,6-9H2,1-3H3/b5-4+. The Hall–Kier alpha value is -0.280. The molecule has 15 heavy (non-hydrogen) atoms. The molecule has 1 saturated heterocycles. The lowest BCUT2D eigenvalue weighted by molar-refractivity contribution is -0.117. The number of ketones is 1. The maximum absolute atomic E-state index is 11.3. The van der Waals surface area contributed by atoms with Crippen LogP contribution in [-0.4, -0.2) is 41.8 Å². The van der Waals surface area contributed by atoms with E-state index in [0.29, 0.717) is 0 Å². The first-order valence-corrected chi connectivity index (χ1v) is 6.87. The van der Waals surface area contributed by atoms with Crippen LogP contribution >= 0.6 is 11.8 Å². The van der Waals surface area contributed by atoms with Crippen LogP contribution < -0.4 is 0 Å². The molecule has 0 spiro atoms. The number of carbonyl (C=O) groups is 1. The topological polar surface area (TPSA) is 20.3 Å². The molecule has 86 valence electrons. The minimum atomic E-state index is 0.124. The molecule has 2 nitrogen and oxygen atoms in total. The third kappa shape index (κ3) is 4.39. The predicted molar refractivity (Wildman–Crippen MR) is 67.3 cm³/mol. The quantitative estimate of drug-likeness (QED) is 0.672. The van der Waals surface area contributed by atoms with Crippen molar-refractivity contribution < 1.29 is 4.79 Å². The van der Waals surface area contributed by atoms with Crippen molar-refractivity contribution >= 4 is 17.5 Å². The van der Waals surface area contributed by atoms with Crippen LogP contribution in [0.4, 0.5) is 0 Å². The molecule has 0 saturated carbocycles. The van der Waals surface area contributed by atoms with Crippen molar-refractivity contribution in [2.45, 2.75) is 25.5 Å². The lowest BCUT2D eigenvalue weighted by atomic mass is 10.1. The van der Waals surface area contributed by atoms with Crippen molar-refractivity contribution in [1.29, 1.82) is 0 Å². The average Bonchev–Trinajstić information content (AvgIpc) is 2.65. The lowest BCUT2D eigenvalue weighted by Gasteiger charge is -2.12. The monoisotopic (exact) mass is 227 g/mol. The Balaban J connectivity index is 2.23. The average molecular weight is 227 g/mol. The van der Waals surface area contributed by atoms with Gasteiger partial charge in [0.25, 0.3) is 0 Å². The normalized spacial score (nSPS) is 23.1. The number of likely N-dealkylation sites (tertiary alicyclic amines) is 1. The van der Waals surface area contributed by atoms with Crippen LogP contribution in [-0.2, 0) is 4.79 Å². The van der Waals surface area contributed by atoms with Gasteiger partial charge in [-0.05, 0) is 25.3 Å². The van der Waals surface area contributed by atoms with E-state index in [1.54, 1.807) is 6.08 Å². The van der Waals surface area contributed by atoms with E-state index in [1.165, 1.54) is 19.5 Å². The third-order valence-corrected chi connectivity index (χ3v) is 3.83. The van der Waals surface area contributed by atoms with E-state index in [9.17, 15) is 4.79 Å². The number of hydrogen-bond acceptors (Lipinski definition) is 3. The van der Waals surface area contributed by atoms with Gasteiger partial charge in [-0.2, -0.15) is 11.8 Å². The zero-order valence-corrected chi connectivity index (χ0v) is 10.7. The summed E-state index contributed by atoms with van der Waals surface area (Å²) in [6.45, 7) is 7.14. The molecule has 1 unspecified atom stereocenters. The Morgan fingerprint density at radius 1 is 1.60 bits per heavy atom. The van der Waals surface area contributed by atoms with Gasteiger partial charge in [0.15, 0.2) is 5.78 Å². The molecule has 0 aromatic carbocycles. The van der Waals surface area contributed by atoms with Crippen molar-refractivity contribution in [1.82, 2.24) is 4.90 Å². The molecule has 1 rings (SSSR count). The second kappa shape index (κ2) is 6.33. The van der Waals surface area contributed by atoms with Crippen LogP contribution in [0.1, 0.15) is 20.3 Å². The molecular formula is C12H21NOS. The molecule has 3 heteroatoms. The van der Waals surface area contributed by atoms with Crippen molar-refractivity contribution in [3.63, 3.8) is 0 Å². The van der Waals surface area contributed by atoms with E-state index in [-0.39, 0.29) is 11.7 Å². The van der Waals surface area contributed by atoms with E-state index in [0.717, 1.165) is 11.8 Å². The molecule has 1 aliphatic rings. The minimum Gasteiger partial charge on any atom is -0.299 e. The molecule has 0 radical (unpaired) electrons. The first-order chi connectivity index (χ1) is 7.13. The zero-order valence-electron chi connectivity index (χ0n) is 9.90. The van der Waals surface area contributed by atoms with E-state index < -0.39 is 0 Å². The van der Waals surface area contributed by atoms with Crippen molar-refractivity contribution in [3.8, 4) is 0 Å². The summed E-state index contributed by atoms with van der Waals surface area (Å²) in [4.78, 5) is 13.7. The summed E-state index contributed by atoms with van der Waals surface area (Å²) in [5.74, 6) is 0.356. The fourth-order valence-corrected chi connectivity index (χ4v) is 2.37. The van der Waals surface area contributed by atoms with E-state index in [1.807, 2.05) is 31.7 Å². The molecule has 0 bridgehead atoms. The fourth-order valence-electron chi connectivity index (χ4n) is 1.67. The van der Waals surface area contributed by atoms with E-state index in [4.69, 9.17) is 0 Å². The van der Waals surface area contributed by atoms with E-state index >= 15 is 0 Å². The zero-order chi connectivity index (χ0) is 11.3. The van der Waals surface area contributed by atoms with Gasteiger partial charge in [0.2, 0.25) is 0 Å². The summed E-state index contributed by atoms with van der Waals surface area (Å²) in [5, 5.41) is 0.791. The van der Waals surface area contributed by atoms with Gasteiger partial charge in [0.05, 0.1) is 0 Å². The van der Waals surface area contributed by atoms with Crippen LogP contribution in [0.15, 0.2) is 12.2 Å². The van der Waals surface area contributed by atoms with Gasteiger partial charge in [-0.25, -0.2) is 0 Å². The molecule has 0 amide bonds. The Bertz CT molecular complexity index is 238.